The summed E-state index contributed by atoms with van der Waals surface area (Å²) in [7, 11) is 0. The van der Waals surface area contributed by atoms with Crippen molar-refractivity contribution < 1.29 is 5.11 Å². The second-order valence-electron chi connectivity index (χ2n) is 1.47. The van der Waals surface area contributed by atoms with Crippen LogP contribution in [0.2, 0.25) is 0 Å². The molecule has 0 aromatic heterocycles. The molecular formula is C4H13ClN2O. The normalized spacial score (nSPS) is 12.4. The predicted octanol–water partition coefficient (Wildman–Crippen LogP) is -0.923. The van der Waals surface area contributed by atoms with E-state index >= 15 is 0 Å². The number of nitrogens with two attached hydrogens (primary N) is 2. The van der Waals surface area contributed by atoms with E-state index in [1.165, 1.54) is 0 Å². The van der Waals surface area contributed by atoms with Gasteiger partial charge >= 0.3 is 0 Å². The first-order valence-corrected chi connectivity index (χ1v) is 2.39. The van der Waals surface area contributed by atoms with Crippen molar-refractivity contribution in [3.05, 3.63) is 0 Å². The summed E-state index contributed by atoms with van der Waals surface area (Å²) >= 11 is 0. The van der Waals surface area contributed by atoms with Crippen LogP contribution < -0.4 is 11.5 Å². The van der Waals surface area contributed by atoms with Crippen LogP contribution in [-0.4, -0.2) is 24.3 Å². The third kappa shape index (κ3) is 6.17. The van der Waals surface area contributed by atoms with Gasteiger partial charge in [0, 0.05) is 6.54 Å². The second-order valence-corrected chi connectivity index (χ2v) is 1.47. The number of aliphatic hydroxyl groups excluding tert-OH is 1. The molecule has 0 aromatic carbocycles. The molecule has 4 heteroatoms. The first-order valence-electron chi connectivity index (χ1n) is 2.39. The van der Waals surface area contributed by atoms with Crippen molar-refractivity contribution in [2.45, 2.75) is 12.5 Å². The second kappa shape index (κ2) is 7.17. The van der Waals surface area contributed by atoms with Crippen LogP contribution in [0.3, 0.4) is 0 Å². The van der Waals surface area contributed by atoms with Crippen LogP contribution >= 0.6 is 12.4 Å². The molecule has 0 aromatic rings. The lowest BCUT2D eigenvalue weighted by molar-refractivity contribution is 0.175. The molecule has 5 N–H and O–H groups in total. The summed E-state index contributed by atoms with van der Waals surface area (Å²) in [6.45, 7) is 0.829. The van der Waals surface area contributed by atoms with Gasteiger partial charge in [0.25, 0.3) is 0 Å². The molecule has 0 rings (SSSR count). The minimum absolute atomic E-state index is 0. The lowest BCUT2D eigenvalue weighted by Gasteiger charge is -2.01. The van der Waals surface area contributed by atoms with Gasteiger partial charge in [0.05, 0.1) is 6.10 Å². The van der Waals surface area contributed by atoms with E-state index in [1.807, 2.05) is 0 Å². The van der Waals surface area contributed by atoms with Crippen molar-refractivity contribution in [2.24, 2.45) is 11.5 Å². The fourth-order valence-corrected chi connectivity index (χ4v) is 0.310. The highest BCUT2D eigenvalue weighted by atomic mass is 35.5. The third-order valence-electron chi connectivity index (χ3n) is 0.772. The molecule has 0 saturated carbocycles. The van der Waals surface area contributed by atoms with Crippen molar-refractivity contribution in [2.75, 3.05) is 13.1 Å². The molecule has 0 aliphatic heterocycles. The summed E-state index contributed by atoms with van der Waals surface area (Å²) in [5.74, 6) is 0. The first-order chi connectivity index (χ1) is 3.31. The van der Waals surface area contributed by atoms with Crippen molar-refractivity contribution in [3.8, 4) is 0 Å². The number of halogens is 1. The van der Waals surface area contributed by atoms with E-state index in [2.05, 4.69) is 0 Å². The van der Waals surface area contributed by atoms with E-state index in [-0.39, 0.29) is 12.4 Å². The van der Waals surface area contributed by atoms with E-state index in [1.54, 1.807) is 0 Å². The van der Waals surface area contributed by atoms with E-state index in [9.17, 15) is 0 Å². The van der Waals surface area contributed by atoms with Gasteiger partial charge in [0.2, 0.25) is 0 Å². The highest BCUT2D eigenvalue weighted by Crippen LogP contribution is 1.81. The lowest BCUT2D eigenvalue weighted by Crippen LogP contribution is -2.22. The summed E-state index contributed by atoms with van der Waals surface area (Å²) in [5, 5.41) is 8.65. The smallest absolute Gasteiger partial charge is 0.0674 e. The molecule has 1 unspecified atom stereocenters. The Morgan fingerprint density at radius 1 is 1.38 bits per heavy atom. The van der Waals surface area contributed by atoms with Gasteiger partial charge in [-0.25, -0.2) is 0 Å². The average Bonchev–Trinajstić information content (AvgIpc) is 1.68. The topological polar surface area (TPSA) is 72.3 Å². The summed E-state index contributed by atoms with van der Waals surface area (Å²) in [5.41, 5.74) is 10.1. The Labute approximate surface area is 55.5 Å². The highest BCUT2D eigenvalue weighted by Gasteiger charge is 1.95. The molecular weight excluding hydrogens is 128 g/mol. The van der Waals surface area contributed by atoms with E-state index < -0.39 is 6.10 Å². The maximum absolute atomic E-state index is 8.65. The molecule has 0 bridgehead atoms. The molecule has 0 fully saturated rings. The van der Waals surface area contributed by atoms with Crippen molar-refractivity contribution in [1.29, 1.82) is 0 Å². The Morgan fingerprint density at radius 3 is 2.00 bits per heavy atom. The van der Waals surface area contributed by atoms with Gasteiger partial charge < -0.3 is 16.6 Å². The zero-order valence-electron chi connectivity index (χ0n) is 4.71. The zero-order valence-corrected chi connectivity index (χ0v) is 5.53. The maximum atomic E-state index is 8.65. The minimum Gasteiger partial charge on any atom is -0.392 e. The predicted molar refractivity (Wildman–Crippen MR) is 36.0 cm³/mol. The SMILES string of the molecule is Cl.NCCC(O)CN. The summed E-state index contributed by atoms with van der Waals surface area (Å²) in [6, 6.07) is 0. The summed E-state index contributed by atoms with van der Waals surface area (Å²) in [4.78, 5) is 0. The van der Waals surface area contributed by atoms with Gasteiger partial charge in [-0.1, -0.05) is 0 Å². The maximum Gasteiger partial charge on any atom is 0.0674 e. The van der Waals surface area contributed by atoms with Gasteiger partial charge in [-0.15, -0.1) is 12.4 Å². The monoisotopic (exact) mass is 140 g/mol. The van der Waals surface area contributed by atoms with Crippen LogP contribution in [0.5, 0.6) is 0 Å². The van der Waals surface area contributed by atoms with Crippen molar-refractivity contribution in [1.82, 2.24) is 0 Å². The quantitative estimate of drug-likeness (QED) is 0.475. The first kappa shape index (κ1) is 11.0. The van der Waals surface area contributed by atoms with Crippen LogP contribution in [0.1, 0.15) is 6.42 Å². The molecule has 0 heterocycles. The molecule has 3 nitrogen and oxygen atoms in total. The molecule has 0 spiro atoms. The molecule has 0 aliphatic carbocycles. The molecule has 1 atom stereocenters. The van der Waals surface area contributed by atoms with Crippen LogP contribution in [0.15, 0.2) is 0 Å². The van der Waals surface area contributed by atoms with Crippen LogP contribution in [-0.2, 0) is 0 Å². The molecule has 0 radical (unpaired) electrons. The van der Waals surface area contributed by atoms with E-state index in [0.29, 0.717) is 19.5 Å². The molecule has 0 aliphatic rings. The number of hydrogen-bond donors (Lipinski definition) is 3. The van der Waals surface area contributed by atoms with Crippen molar-refractivity contribution >= 4 is 12.4 Å². The minimum atomic E-state index is -0.398. The Hall–Kier alpha value is 0.170. The Bertz CT molecular complexity index is 45.0. The standard InChI is InChI=1S/C4H12N2O.ClH/c5-2-1-4(7)3-6;/h4,7H,1-3,5-6H2;1H. The van der Waals surface area contributed by atoms with Gasteiger partial charge in [0.15, 0.2) is 0 Å². The van der Waals surface area contributed by atoms with Crippen LogP contribution in [0.25, 0.3) is 0 Å². The summed E-state index contributed by atoms with van der Waals surface area (Å²) < 4.78 is 0. The molecule has 8 heavy (non-hydrogen) atoms. The number of rotatable bonds is 3. The molecule has 0 saturated heterocycles. The Morgan fingerprint density at radius 2 is 1.88 bits per heavy atom. The number of hydrogen-bond acceptors (Lipinski definition) is 3. The van der Waals surface area contributed by atoms with Gasteiger partial charge in [0.1, 0.15) is 0 Å². The Kier molecular flexibility index (Phi) is 9.89. The fraction of sp³-hybridized carbons (Fsp3) is 1.00. The fourth-order valence-electron chi connectivity index (χ4n) is 0.310. The van der Waals surface area contributed by atoms with E-state index in [4.69, 9.17) is 16.6 Å². The van der Waals surface area contributed by atoms with Gasteiger partial charge in [-0.3, -0.25) is 0 Å². The third-order valence-corrected chi connectivity index (χ3v) is 0.772. The highest BCUT2D eigenvalue weighted by molar-refractivity contribution is 5.85. The largest absolute Gasteiger partial charge is 0.392 e. The van der Waals surface area contributed by atoms with E-state index in [0.717, 1.165) is 0 Å². The molecule has 0 amide bonds. The van der Waals surface area contributed by atoms with Gasteiger partial charge in [-0.05, 0) is 13.0 Å². The van der Waals surface area contributed by atoms with Crippen molar-refractivity contribution in [3.63, 3.8) is 0 Å². The summed E-state index contributed by atoms with van der Waals surface area (Å²) in [6.07, 6.45) is 0.209. The average molecular weight is 141 g/mol. The lowest BCUT2D eigenvalue weighted by atomic mass is 10.3. The molecule has 52 valence electrons. The van der Waals surface area contributed by atoms with Crippen LogP contribution in [0, 0.1) is 0 Å². The Balaban J connectivity index is 0. The number of aliphatic hydroxyl groups is 1. The van der Waals surface area contributed by atoms with Crippen LogP contribution in [0.4, 0.5) is 0 Å². The zero-order chi connectivity index (χ0) is 5.70. The van der Waals surface area contributed by atoms with Gasteiger partial charge in [-0.2, -0.15) is 0 Å².